The van der Waals surface area contributed by atoms with Crippen LogP contribution in [0.3, 0.4) is 0 Å². The maximum Gasteiger partial charge on any atom is 0.277 e. The van der Waals surface area contributed by atoms with Gasteiger partial charge in [-0.05, 0) is 35.9 Å². The maximum absolute atomic E-state index is 12.3. The first kappa shape index (κ1) is 17.3. The minimum absolute atomic E-state index is 0.132. The second kappa shape index (κ2) is 7.26. The van der Waals surface area contributed by atoms with E-state index >= 15 is 0 Å². The van der Waals surface area contributed by atoms with Crippen molar-refractivity contribution in [1.29, 1.82) is 0 Å². The van der Waals surface area contributed by atoms with E-state index in [1.807, 2.05) is 0 Å². The van der Waals surface area contributed by atoms with E-state index in [0.717, 1.165) is 0 Å². The van der Waals surface area contributed by atoms with Gasteiger partial charge in [-0.2, -0.15) is 0 Å². The molecule has 2 aromatic carbocycles. The summed E-state index contributed by atoms with van der Waals surface area (Å²) in [5.41, 5.74) is 1.34. The number of fused-ring (bicyclic) bond motifs is 1. The van der Waals surface area contributed by atoms with Gasteiger partial charge in [0.25, 0.3) is 5.91 Å². The minimum atomic E-state index is -0.843. The van der Waals surface area contributed by atoms with E-state index in [9.17, 15) is 9.90 Å². The van der Waals surface area contributed by atoms with E-state index in [4.69, 9.17) is 21.1 Å². The molecular formula is C18H15ClN4O4. The lowest BCUT2D eigenvalue weighted by Crippen LogP contribution is -2.12. The molecular weight excluding hydrogens is 372 g/mol. The van der Waals surface area contributed by atoms with E-state index in [-0.39, 0.29) is 19.0 Å². The highest BCUT2D eigenvalue weighted by Crippen LogP contribution is 2.34. The van der Waals surface area contributed by atoms with E-state index in [1.54, 1.807) is 42.5 Å². The average Bonchev–Trinajstić information content (AvgIpc) is 3.30. The summed E-state index contributed by atoms with van der Waals surface area (Å²) in [4.78, 5) is 12.3. The van der Waals surface area contributed by atoms with Gasteiger partial charge in [-0.3, -0.25) is 4.79 Å². The van der Waals surface area contributed by atoms with Crippen LogP contribution in [0.5, 0.6) is 11.5 Å². The fraction of sp³-hybridized carbons (Fsp3) is 0.167. The molecule has 4 rings (SSSR count). The molecule has 138 valence electrons. The zero-order valence-corrected chi connectivity index (χ0v) is 14.8. The van der Waals surface area contributed by atoms with Crippen molar-refractivity contribution in [3.8, 4) is 11.5 Å². The van der Waals surface area contributed by atoms with Gasteiger partial charge >= 0.3 is 0 Å². The number of hydrogen-bond donors (Lipinski definition) is 2. The first-order chi connectivity index (χ1) is 13.1. The molecule has 27 heavy (non-hydrogen) atoms. The number of nitrogens with one attached hydrogen (secondary N) is 1. The molecule has 2 heterocycles. The van der Waals surface area contributed by atoms with Crippen molar-refractivity contribution in [2.45, 2.75) is 12.6 Å². The predicted molar refractivity (Wildman–Crippen MR) is 97.0 cm³/mol. The molecule has 0 aliphatic carbocycles. The molecule has 3 aromatic rings. The van der Waals surface area contributed by atoms with Crippen molar-refractivity contribution in [3.63, 3.8) is 0 Å². The van der Waals surface area contributed by atoms with Gasteiger partial charge in [0.2, 0.25) is 6.79 Å². The normalized spacial score (nSPS) is 13.4. The Hall–Kier alpha value is -3.10. The lowest BCUT2D eigenvalue weighted by atomic mass is 10.1. The molecule has 8 nitrogen and oxygen atoms in total. The number of anilines is 1. The van der Waals surface area contributed by atoms with Crippen molar-refractivity contribution in [2.24, 2.45) is 0 Å². The Bertz CT molecular complexity index is 991. The molecule has 1 aliphatic heterocycles. The van der Waals surface area contributed by atoms with Crippen molar-refractivity contribution in [1.82, 2.24) is 15.0 Å². The van der Waals surface area contributed by atoms with Gasteiger partial charge in [0.1, 0.15) is 0 Å². The van der Waals surface area contributed by atoms with E-state index < -0.39 is 12.0 Å². The number of carbonyl (C=O) groups is 1. The minimum Gasteiger partial charge on any atom is -0.454 e. The van der Waals surface area contributed by atoms with E-state index in [1.165, 1.54) is 10.9 Å². The van der Waals surface area contributed by atoms with Crippen LogP contribution in [0.2, 0.25) is 5.02 Å². The fourth-order valence-electron chi connectivity index (χ4n) is 2.66. The number of amides is 1. The molecule has 1 atom stereocenters. The molecule has 0 spiro atoms. The number of rotatable bonds is 5. The molecule has 0 saturated carbocycles. The third-order valence-corrected chi connectivity index (χ3v) is 4.23. The molecule has 2 N–H and O–H groups in total. The number of nitrogens with zero attached hydrogens (tertiary/aromatic N) is 3. The van der Waals surface area contributed by atoms with Crippen LogP contribution in [0.1, 0.15) is 22.2 Å². The Morgan fingerprint density at radius 3 is 2.96 bits per heavy atom. The first-order valence-electron chi connectivity index (χ1n) is 8.13. The summed E-state index contributed by atoms with van der Waals surface area (Å²) in [5, 5.41) is 21.4. The molecule has 0 bridgehead atoms. The van der Waals surface area contributed by atoms with Crippen molar-refractivity contribution < 1.29 is 19.4 Å². The Morgan fingerprint density at radius 1 is 1.26 bits per heavy atom. The third kappa shape index (κ3) is 3.86. The number of benzene rings is 2. The molecule has 0 fully saturated rings. The molecule has 0 saturated heterocycles. The van der Waals surface area contributed by atoms with Gasteiger partial charge in [0.15, 0.2) is 17.2 Å². The van der Waals surface area contributed by atoms with E-state index in [0.29, 0.717) is 27.8 Å². The molecule has 1 unspecified atom stereocenters. The van der Waals surface area contributed by atoms with E-state index in [2.05, 4.69) is 15.6 Å². The Balaban J connectivity index is 1.42. The van der Waals surface area contributed by atoms with Crippen LogP contribution in [0.25, 0.3) is 0 Å². The average molecular weight is 387 g/mol. The summed E-state index contributed by atoms with van der Waals surface area (Å²) in [5.74, 6) is 0.819. The van der Waals surface area contributed by atoms with Crippen LogP contribution >= 0.6 is 11.6 Å². The highest BCUT2D eigenvalue weighted by Gasteiger charge is 2.18. The second-order valence-corrected chi connectivity index (χ2v) is 6.36. The Kier molecular flexibility index (Phi) is 4.66. The lowest BCUT2D eigenvalue weighted by molar-refractivity contribution is 0.102. The van der Waals surface area contributed by atoms with Crippen LogP contribution in [-0.2, 0) is 6.54 Å². The lowest BCUT2D eigenvalue weighted by Gasteiger charge is -2.11. The van der Waals surface area contributed by atoms with Gasteiger partial charge in [-0.25, -0.2) is 4.68 Å². The topological polar surface area (TPSA) is 98.5 Å². The standard InChI is InChI=1S/C18H15ClN4O4/c19-12-2-1-3-13(7-12)20-18(25)14-8-23(22-21-14)9-15(24)11-4-5-16-17(6-11)27-10-26-16/h1-8,15,24H,9-10H2,(H,20,25). The van der Waals surface area contributed by atoms with Crippen LogP contribution < -0.4 is 14.8 Å². The monoisotopic (exact) mass is 386 g/mol. The van der Waals surface area contributed by atoms with Gasteiger partial charge in [0.05, 0.1) is 18.8 Å². The molecule has 1 aliphatic rings. The van der Waals surface area contributed by atoms with Crippen molar-refractivity contribution in [2.75, 3.05) is 12.1 Å². The zero-order valence-electron chi connectivity index (χ0n) is 14.0. The Labute approximate surface area is 159 Å². The number of carbonyl (C=O) groups excluding carboxylic acids is 1. The summed E-state index contributed by atoms with van der Waals surface area (Å²) in [6.45, 7) is 0.306. The number of halogens is 1. The van der Waals surface area contributed by atoms with Crippen LogP contribution in [0, 0.1) is 0 Å². The zero-order chi connectivity index (χ0) is 18.8. The third-order valence-electron chi connectivity index (χ3n) is 4.00. The molecule has 0 radical (unpaired) electrons. The van der Waals surface area contributed by atoms with Gasteiger partial charge in [0, 0.05) is 10.7 Å². The molecule has 1 aromatic heterocycles. The van der Waals surface area contributed by atoms with Crippen LogP contribution in [0.15, 0.2) is 48.7 Å². The summed E-state index contributed by atoms with van der Waals surface area (Å²) in [6, 6.07) is 12.0. The summed E-state index contributed by atoms with van der Waals surface area (Å²) in [6.07, 6.45) is 0.626. The highest BCUT2D eigenvalue weighted by molar-refractivity contribution is 6.30. The van der Waals surface area contributed by atoms with Gasteiger partial charge in [-0.1, -0.05) is 28.9 Å². The predicted octanol–water partition coefficient (Wildman–Crippen LogP) is 2.65. The smallest absolute Gasteiger partial charge is 0.277 e. The SMILES string of the molecule is O=C(Nc1cccc(Cl)c1)c1cn(CC(O)c2ccc3c(c2)OCO3)nn1. The molecule has 9 heteroatoms. The first-order valence-corrected chi connectivity index (χ1v) is 8.51. The van der Waals surface area contributed by atoms with Crippen LogP contribution in [0.4, 0.5) is 5.69 Å². The number of ether oxygens (including phenoxy) is 2. The largest absolute Gasteiger partial charge is 0.454 e. The summed E-state index contributed by atoms with van der Waals surface area (Å²) < 4.78 is 12.0. The number of aliphatic hydroxyl groups is 1. The maximum atomic E-state index is 12.3. The van der Waals surface area contributed by atoms with Crippen molar-refractivity contribution in [3.05, 3.63) is 64.9 Å². The Morgan fingerprint density at radius 2 is 2.11 bits per heavy atom. The number of aromatic nitrogens is 3. The summed E-state index contributed by atoms with van der Waals surface area (Å²) in [7, 11) is 0. The fourth-order valence-corrected chi connectivity index (χ4v) is 2.85. The van der Waals surface area contributed by atoms with Gasteiger partial charge in [-0.15, -0.1) is 5.10 Å². The van der Waals surface area contributed by atoms with Crippen LogP contribution in [-0.4, -0.2) is 32.8 Å². The quantitative estimate of drug-likeness (QED) is 0.699. The number of hydrogen-bond acceptors (Lipinski definition) is 6. The molecule has 1 amide bonds. The van der Waals surface area contributed by atoms with Gasteiger partial charge < -0.3 is 19.9 Å². The highest BCUT2D eigenvalue weighted by atomic mass is 35.5. The second-order valence-electron chi connectivity index (χ2n) is 5.92. The van der Waals surface area contributed by atoms with Crippen molar-refractivity contribution >= 4 is 23.2 Å². The number of aliphatic hydroxyl groups excluding tert-OH is 1. The summed E-state index contributed by atoms with van der Waals surface area (Å²) >= 11 is 5.90.